The topological polar surface area (TPSA) is 42.2 Å². The molecule has 0 bridgehead atoms. The highest BCUT2D eigenvalue weighted by molar-refractivity contribution is 6.42. The molecule has 0 spiro atoms. The monoisotopic (exact) mass is 431 g/mol. The molecule has 0 atom stereocenters. The van der Waals surface area contributed by atoms with Crippen LogP contribution in [0.25, 0.3) is 38.6 Å². The molecule has 0 fully saturated rings. The third-order valence-electron chi connectivity index (χ3n) is 5.28. The standard InChI is InChI=1S/C25H15Cl2NO2/c26-21-10-8-16(13-22(21)27)24-14-20-19-7-2-1-4-15(19)9-11-23(20)28(24)18-6-3-5-17(12-18)25(29)30/h1-14H,(H,29,30). The molecule has 4 aromatic carbocycles. The van der Waals surface area contributed by atoms with Gasteiger partial charge in [0.25, 0.3) is 0 Å². The summed E-state index contributed by atoms with van der Waals surface area (Å²) in [5, 5.41) is 13.8. The largest absolute Gasteiger partial charge is 0.478 e. The SMILES string of the molecule is O=C(O)c1cccc(-n2c(-c3ccc(Cl)c(Cl)c3)cc3c4ccccc4ccc32)c1. The Balaban J connectivity index is 1.89. The second-order valence-corrected chi connectivity index (χ2v) is 7.88. The number of hydrogen-bond acceptors (Lipinski definition) is 1. The highest BCUT2D eigenvalue weighted by atomic mass is 35.5. The smallest absolute Gasteiger partial charge is 0.335 e. The third-order valence-corrected chi connectivity index (χ3v) is 6.02. The van der Waals surface area contributed by atoms with Crippen LogP contribution in [0.3, 0.4) is 0 Å². The number of nitrogens with zero attached hydrogens (tertiary/aromatic N) is 1. The van der Waals surface area contributed by atoms with E-state index >= 15 is 0 Å². The molecule has 3 nitrogen and oxygen atoms in total. The van der Waals surface area contributed by atoms with Gasteiger partial charge in [0.15, 0.2) is 0 Å². The molecule has 0 saturated heterocycles. The molecule has 0 aliphatic heterocycles. The molecule has 0 unspecified atom stereocenters. The first kappa shape index (κ1) is 18.7. The van der Waals surface area contributed by atoms with Crippen LogP contribution in [0.1, 0.15) is 10.4 Å². The zero-order valence-electron chi connectivity index (χ0n) is 15.6. The molecule has 30 heavy (non-hydrogen) atoms. The number of fused-ring (bicyclic) bond motifs is 3. The van der Waals surface area contributed by atoms with Crippen molar-refractivity contribution in [3.8, 4) is 16.9 Å². The maximum atomic E-state index is 11.6. The number of carboxylic acids is 1. The van der Waals surface area contributed by atoms with E-state index in [1.54, 1.807) is 24.3 Å². The van der Waals surface area contributed by atoms with Gasteiger partial charge >= 0.3 is 5.97 Å². The van der Waals surface area contributed by atoms with Crippen LogP contribution >= 0.6 is 23.2 Å². The molecule has 0 amide bonds. The van der Waals surface area contributed by atoms with Crippen LogP contribution in [-0.2, 0) is 0 Å². The van der Waals surface area contributed by atoms with Crippen molar-refractivity contribution in [2.24, 2.45) is 0 Å². The van der Waals surface area contributed by atoms with Crippen LogP contribution in [-0.4, -0.2) is 15.6 Å². The van der Waals surface area contributed by atoms with Crippen molar-refractivity contribution in [3.05, 3.63) is 101 Å². The first-order valence-electron chi connectivity index (χ1n) is 9.35. The number of carboxylic acid groups (broad SMARTS) is 1. The summed E-state index contributed by atoms with van der Waals surface area (Å²) < 4.78 is 2.06. The third kappa shape index (κ3) is 3.04. The Hall–Kier alpha value is -3.27. The predicted octanol–water partition coefficient (Wildman–Crippen LogP) is 7.46. The Morgan fingerprint density at radius 2 is 1.60 bits per heavy atom. The summed E-state index contributed by atoms with van der Waals surface area (Å²) in [4.78, 5) is 11.6. The lowest BCUT2D eigenvalue weighted by Gasteiger charge is -2.13. The molecule has 5 heteroatoms. The lowest BCUT2D eigenvalue weighted by molar-refractivity contribution is 0.0697. The molecular formula is C25H15Cl2NO2. The van der Waals surface area contributed by atoms with Gasteiger partial charge in [-0.05, 0) is 53.2 Å². The summed E-state index contributed by atoms with van der Waals surface area (Å²) in [6.07, 6.45) is 0. The zero-order chi connectivity index (χ0) is 20.8. The molecule has 1 aromatic heterocycles. The number of carbonyl (C=O) groups is 1. The average molecular weight is 432 g/mol. The first-order chi connectivity index (χ1) is 14.5. The minimum absolute atomic E-state index is 0.232. The van der Waals surface area contributed by atoms with Crippen molar-refractivity contribution in [1.29, 1.82) is 0 Å². The summed E-state index contributed by atoms with van der Waals surface area (Å²) in [5.41, 5.74) is 3.78. The minimum atomic E-state index is -0.963. The Morgan fingerprint density at radius 3 is 2.40 bits per heavy atom. The van der Waals surface area contributed by atoms with E-state index < -0.39 is 5.97 Å². The predicted molar refractivity (Wildman–Crippen MR) is 123 cm³/mol. The first-order valence-corrected chi connectivity index (χ1v) is 10.1. The Bertz CT molecular complexity index is 1450. The molecule has 0 aliphatic rings. The van der Waals surface area contributed by atoms with Crippen LogP contribution in [0.5, 0.6) is 0 Å². The molecule has 0 radical (unpaired) electrons. The fraction of sp³-hybridized carbons (Fsp3) is 0. The second kappa shape index (κ2) is 7.21. The summed E-state index contributed by atoms with van der Waals surface area (Å²) >= 11 is 12.4. The van der Waals surface area contributed by atoms with Gasteiger partial charge in [-0.25, -0.2) is 4.79 Å². The summed E-state index contributed by atoms with van der Waals surface area (Å²) in [6, 6.07) is 26.9. The van der Waals surface area contributed by atoms with Crippen molar-refractivity contribution in [2.45, 2.75) is 0 Å². The molecular weight excluding hydrogens is 417 g/mol. The fourth-order valence-electron chi connectivity index (χ4n) is 3.89. The van der Waals surface area contributed by atoms with Gasteiger partial charge in [0.2, 0.25) is 0 Å². The fourth-order valence-corrected chi connectivity index (χ4v) is 4.18. The Labute approximate surface area is 182 Å². The zero-order valence-corrected chi connectivity index (χ0v) is 17.2. The van der Waals surface area contributed by atoms with Crippen LogP contribution < -0.4 is 0 Å². The van der Waals surface area contributed by atoms with Crippen molar-refractivity contribution in [1.82, 2.24) is 4.57 Å². The van der Waals surface area contributed by atoms with Gasteiger partial charge in [-0.15, -0.1) is 0 Å². The van der Waals surface area contributed by atoms with E-state index in [-0.39, 0.29) is 5.56 Å². The molecule has 146 valence electrons. The van der Waals surface area contributed by atoms with Crippen molar-refractivity contribution >= 4 is 50.8 Å². The van der Waals surface area contributed by atoms with Gasteiger partial charge in [-0.2, -0.15) is 0 Å². The lowest BCUT2D eigenvalue weighted by Crippen LogP contribution is -2.01. The lowest BCUT2D eigenvalue weighted by atomic mass is 10.1. The normalized spacial score (nSPS) is 11.3. The number of rotatable bonds is 3. The number of halogens is 2. The number of hydrogen-bond donors (Lipinski definition) is 1. The second-order valence-electron chi connectivity index (χ2n) is 7.07. The van der Waals surface area contributed by atoms with E-state index in [2.05, 4.69) is 34.9 Å². The maximum absolute atomic E-state index is 11.6. The Kier molecular flexibility index (Phi) is 4.50. The van der Waals surface area contributed by atoms with E-state index in [9.17, 15) is 9.90 Å². The van der Waals surface area contributed by atoms with Crippen LogP contribution in [0, 0.1) is 0 Å². The quantitative estimate of drug-likeness (QED) is 0.322. The minimum Gasteiger partial charge on any atom is -0.478 e. The van der Waals surface area contributed by atoms with Gasteiger partial charge in [0.05, 0.1) is 26.8 Å². The van der Waals surface area contributed by atoms with Gasteiger partial charge in [-0.3, -0.25) is 0 Å². The van der Waals surface area contributed by atoms with Crippen LogP contribution in [0.4, 0.5) is 0 Å². The molecule has 0 aliphatic carbocycles. The molecule has 0 saturated carbocycles. The molecule has 1 heterocycles. The van der Waals surface area contributed by atoms with Gasteiger partial charge in [-0.1, -0.05) is 65.7 Å². The number of benzene rings is 4. The maximum Gasteiger partial charge on any atom is 0.335 e. The van der Waals surface area contributed by atoms with E-state index in [0.717, 1.165) is 38.6 Å². The molecule has 5 rings (SSSR count). The van der Waals surface area contributed by atoms with Crippen molar-refractivity contribution in [2.75, 3.05) is 0 Å². The average Bonchev–Trinajstić information content (AvgIpc) is 3.16. The summed E-state index contributed by atoms with van der Waals surface area (Å²) in [6.45, 7) is 0. The van der Waals surface area contributed by atoms with E-state index in [1.165, 1.54) is 0 Å². The van der Waals surface area contributed by atoms with E-state index in [1.807, 2.05) is 30.3 Å². The molecule has 1 N–H and O–H groups in total. The number of aromatic carboxylic acids is 1. The van der Waals surface area contributed by atoms with Crippen LogP contribution in [0.15, 0.2) is 84.9 Å². The highest BCUT2D eigenvalue weighted by Crippen LogP contribution is 2.37. The van der Waals surface area contributed by atoms with Gasteiger partial charge < -0.3 is 9.67 Å². The summed E-state index contributed by atoms with van der Waals surface area (Å²) in [5.74, 6) is -0.963. The summed E-state index contributed by atoms with van der Waals surface area (Å²) in [7, 11) is 0. The van der Waals surface area contributed by atoms with E-state index in [4.69, 9.17) is 23.2 Å². The Morgan fingerprint density at radius 1 is 0.767 bits per heavy atom. The van der Waals surface area contributed by atoms with Crippen molar-refractivity contribution < 1.29 is 9.90 Å². The van der Waals surface area contributed by atoms with Crippen LogP contribution in [0.2, 0.25) is 10.0 Å². The van der Waals surface area contributed by atoms with Gasteiger partial charge in [0, 0.05) is 16.6 Å². The number of aromatic nitrogens is 1. The molecule has 5 aromatic rings. The highest BCUT2D eigenvalue weighted by Gasteiger charge is 2.16. The van der Waals surface area contributed by atoms with Gasteiger partial charge in [0.1, 0.15) is 0 Å². The van der Waals surface area contributed by atoms with E-state index in [0.29, 0.717) is 10.0 Å². The van der Waals surface area contributed by atoms with Crippen molar-refractivity contribution in [3.63, 3.8) is 0 Å².